The average molecular weight is 355 g/mol. The summed E-state index contributed by atoms with van der Waals surface area (Å²) >= 11 is 0. The molecule has 2 aromatic rings. The second kappa shape index (κ2) is 9.31. The lowest BCUT2D eigenvalue weighted by Crippen LogP contribution is -2.30. The van der Waals surface area contributed by atoms with Gasteiger partial charge in [0, 0.05) is 30.5 Å². The Balaban J connectivity index is 1.87. The van der Waals surface area contributed by atoms with Crippen LogP contribution in [0, 0.1) is 0 Å². The van der Waals surface area contributed by atoms with Gasteiger partial charge in [-0.05, 0) is 50.2 Å². The molecular formula is C19H21N3O4. The van der Waals surface area contributed by atoms with Crippen LogP contribution in [-0.2, 0) is 9.53 Å². The van der Waals surface area contributed by atoms with Crippen molar-refractivity contribution in [1.29, 1.82) is 0 Å². The summed E-state index contributed by atoms with van der Waals surface area (Å²) in [5.41, 5.74) is 1.20. The second-order valence-electron chi connectivity index (χ2n) is 5.39. The summed E-state index contributed by atoms with van der Waals surface area (Å²) in [4.78, 5) is 41.4. The summed E-state index contributed by atoms with van der Waals surface area (Å²) in [5.74, 6) is -1.20. The zero-order valence-corrected chi connectivity index (χ0v) is 14.8. The molecule has 1 aromatic heterocycles. The smallest absolute Gasteiger partial charge is 0.357 e. The molecular weight excluding hydrogens is 334 g/mol. The first kappa shape index (κ1) is 19.1. The molecule has 0 radical (unpaired) electrons. The number of pyridine rings is 1. The third kappa shape index (κ3) is 5.14. The third-order valence-electron chi connectivity index (χ3n) is 3.67. The van der Waals surface area contributed by atoms with Crippen LogP contribution in [0.15, 0.2) is 48.7 Å². The predicted octanol–water partition coefficient (Wildman–Crippen LogP) is 2.36. The highest BCUT2D eigenvalue weighted by molar-refractivity contribution is 5.97. The molecule has 1 aromatic carbocycles. The van der Waals surface area contributed by atoms with Crippen LogP contribution >= 0.6 is 0 Å². The lowest BCUT2D eigenvalue weighted by atomic mass is 10.2. The van der Waals surface area contributed by atoms with Crippen molar-refractivity contribution in [2.45, 2.75) is 13.8 Å². The molecule has 2 amide bonds. The summed E-state index contributed by atoms with van der Waals surface area (Å²) in [6.45, 7) is 4.69. The van der Waals surface area contributed by atoms with Gasteiger partial charge in [-0.25, -0.2) is 9.78 Å². The molecule has 1 heterocycles. The van der Waals surface area contributed by atoms with Crippen LogP contribution in [0.25, 0.3) is 0 Å². The predicted molar refractivity (Wildman–Crippen MR) is 96.8 cm³/mol. The molecule has 2 rings (SSSR count). The van der Waals surface area contributed by atoms with E-state index in [1.165, 1.54) is 12.3 Å². The first-order chi connectivity index (χ1) is 12.5. The van der Waals surface area contributed by atoms with Crippen LogP contribution < -0.4 is 5.32 Å². The second-order valence-corrected chi connectivity index (χ2v) is 5.39. The lowest BCUT2D eigenvalue weighted by Gasteiger charge is -2.18. The van der Waals surface area contributed by atoms with Crippen LogP contribution in [-0.4, -0.2) is 47.4 Å². The molecule has 1 N–H and O–H groups in total. The molecule has 7 heteroatoms. The van der Waals surface area contributed by atoms with Gasteiger partial charge in [0.15, 0.2) is 6.61 Å². The summed E-state index contributed by atoms with van der Waals surface area (Å²) in [6, 6.07) is 11.4. The highest BCUT2D eigenvalue weighted by Crippen LogP contribution is 2.12. The highest BCUT2D eigenvalue weighted by atomic mass is 16.5. The molecule has 0 saturated heterocycles. The van der Waals surface area contributed by atoms with E-state index in [4.69, 9.17) is 4.74 Å². The number of carbonyl (C=O) groups is 3. The molecule has 7 nitrogen and oxygen atoms in total. The molecule has 0 atom stereocenters. The first-order valence-electron chi connectivity index (χ1n) is 8.32. The molecule has 0 bridgehead atoms. The minimum Gasteiger partial charge on any atom is -0.451 e. The summed E-state index contributed by atoms with van der Waals surface area (Å²) in [6.07, 6.45) is 1.47. The SMILES string of the molecule is CCN(CC)C(=O)c1ccc(NC(=O)COC(=O)c2ccccn2)cc1. The number of nitrogens with zero attached hydrogens (tertiary/aromatic N) is 2. The van der Waals surface area contributed by atoms with E-state index >= 15 is 0 Å². The van der Waals surface area contributed by atoms with Gasteiger partial charge in [0.2, 0.25) is 0 Å². The van der Waals surface area contributed by atoms with Gasteiger partial charge >= 0.3 is 5.97 Å². The zero-order valence-electron chi connectivity index (χ0n) is 14.8. The number of ether oxygens (including phenoxy) is 1. The van der Waals surface area contributed by atoms with Crippen molar-refractivity contribution in [2.75, 3.05) is 25.0 Å². The molecule has 0 saturated carbocycles. The Kier molecular flexibility index (Phi) is 6.84. The number of aromatic nitrogens is 1. The van der Waals surface area contributed by atoms with Crippen molar-refractivity contribution in [3.05, 3.63) is 59.9 Å². The Morgan fingerprint density at radius 3 is 2.31 bits per heavy atom. The molecule has 136 valence electrons. The minimum absolute atomic E-state index is 0.0582. The summed E-state index contributed by atoms with van der Waals surface area (Å²) in [7, 11) is 0. The van der Waals surface area contributed by atoms with Gasteiger partial charge in [0.05, 0.1) is 0 Å². The van der Waals surface area contributed by atoms with Gasteiger partial charge in [-0.2, -0.15) is 0 Å². The maximum atomic E-state index is 12.2. The van der Waals surface area contributed by atoms with Gasteiger partial charge in [-0.1, -0.05) is 6.07 Å². The van der Waals surface area contributed by atoms with Crippen LogP contribution in [0.4, 0.5) is 5.69 Å². The summed E-state index contributed by atoms with van der Waals surface area (Å²) < 4.78 is 4.91. The number of amides is 2. The topological polar surface area (TPSA) is 88.6 Å². The van der Waals surface area contributed by atoms with Gasteiger partial charge < -0.3 is 15.0 Å². The van der Waals surface area contributed by atoms with Crippen LogP contribution in [0.3, 0.4) is 0 Å². The maximum absolute atomic E-state index is 12.2. The van der Waals surface area contributed by atoms with Crippen LogP contribution in [0.2, 0.25) is 0 Å². The number of benzene rings is 1. The zero-order chi connectivity index (χ0) is 18.9. The number of hydrogen-bond donors (Lipinski definition) is 1. The lowest BCUT2D eigenvalue weighted by molar-refractivity contribution is -0.119. The molecule has 26 heavy (non-hydrogen) atoms. The molecule has 0 spiro atoms. The average Bonchev–Trinajstić information content (AvgIpc) is 2.68. The van der Waals surface area contributed by atoms with Crippen LogP contribution in [0.5, 0.6) is 0 Å². The van der Waals surface area contributed by atoms with Crippen molar-refractivity contribution in [1.82, 2.24) is 9.88 Å². The van der Waals surface area contributed by atoms with E-state index < -0.39 is 18.5 Å². The number of anilines is 1. The van der Waals surface area contributed by atoms with E-state index in [0.29, 0.717) is 24.3 Å². The number of nitrogens with one attached hydrogen (secondary N) is 1. The fourth-order valence-corrected chi connectivity index (χ4v) is 2.28. The van der Waals surface area contributed by atoms with E-state index in [1.54, 1.807) is 41.3 Å². The Labute approximate surface area is 152 Å². The minimum atomic E-state index is -0.666. The Morgan fingerprint density at radius 1 is 1.04 bits per heavy atom. The van der Waals surface area contributed by atoms with E-state index in [-0.39, 0.29) is 11.6 Å². The van der Waals surface area contributed by atoms with Gasteiger partial charge in [0.1, 0.15) is 5.69 Å². The first-order valence-corrected chi connectivity index (χ1v) is 8.32. The molecule has 0 unspecified atom stereocenters. The van der Waals surface area contributed by atoms with Gasteiger partial charge in [-0.15, -0.1) is 0 Å². The highest BCUT2D eigenvalue weighted by Gasteiger charge is 2.13. The van der Waals surface area contributed by atoms with Crippen molar-refractivity contribution < 1.29 is 19.1 Å². The Hall–Kier alpha value is -3.22. The fraction of sp³-hybridized carbons (Fsp3) is 0.263. The molecule has 0 aliphatic rings. The fourth-order valence-electron chi connectivity index (χ4n) is 2.28. The van der Waals surface area contributed by atoms with Gasteiger partial charge in [-0.3, -0.25) is 9.59 Å². The van der Waals surface area contributed by atoms with E-state index in [9.17, 15) is 14.4 Å². The molecule has 0 aliphatic heterocycles. The quantitative estimate of drug-likeness (QED) is 0.770. The van der Waals surface area contributed by atoms with Crippen molar-refractivity contribution >= 4 is 23.5 Å². The van der Waals surface area contributed by atoms with Gasteiger partial charge in [0.25, 0.3) is 11.8 Å². The van der Waals surface area contributed by atoms with E-state index in [2.05, 4.69) is 10.3 Å². The van der Waals surface area contributed by atoms with Crippen molar-refractivity contribution in [3.63, 3.8) is 0 Å². The normalized spacial score (nSPS) is 10.1. The monoisotopic (exact) mass is 355 g/mol. The van der Waals surface area contributed by atoms with E-state index in [0.717, 1.165) is 0 Å². The van der Waals surface area contributed by atoms with Crippen LogP contribution in [0.1, 0.15) is 34.7 Å². The number of esters is 1. The largest absolute Gasteiger partial charge is 0.451 e. The van der Waals surface area contributed by atoms with Crippen molar-refractivity contribution in [2.24, 2.45) is 0 Å². The Morgan fingerprint density at radius 2 is 1.73 bits per heavy atom. The standard InChI is InChI=1S/C19H21N3O4/c1-3-22(4-2)18(24)14-8-10-15(11-9-14)21-17(23)13-26-19(25)16-7-5-6-12-20-16/h5-12H,3-4,13H2,1-2H3,(H,21,23). The van der Waals surface area contributed by atoms with E-state index in [1.807, 2.05) is 13.8 Å². The van der Waals surface area contributed by atoms with Crippen molar-refractivity contribution in [3.8, 4) is 0 Å². The molecule has 0 fully saturated rings. The molecule has 0 aliphatic carbocycles. The number of hydrogen-bond acceptors (Lipinski definition) is 5. The Bertz CT molecular complexity index is 756. The maximum Gasteiger partial charge on any atom is 0.357 e. The number of rotatable bonds is 7. The summed E-state index contributed by atoms with van der Waals surface area (Å²) in [5, 5.41) is 2.61. The third-order valence-corrected chi connectivity index (χ3v) is 3.67. The number of carbonyl (C=O) groups excluding carboxylic acids is 3.